The van der Waals surface area contributed by atoms with E-state index in [2.05, 4.69) is 10.5 Å². The van der Waals surface area contributed by atoms with E-state index in [0.29, 0.717) is 12.3 Å². The number of carbonyl (C=O) groups excluding carboxylic acids is 1. The van der Waals surface area contributed by atoms with E-state index in [1.165, 1.54) is 0 Å². The molecular formula is C16H18N2O3. The molecule has 2 rings (SSSR count). The van der Waals surface area contributed by atoms with E-state index in [-0.39, 0.29) is 0 Å². The van der Waals surface area contributed by atoms with Crippen LogP contribution >= 0.6 is 0 Å². The van der Waals surface area contributed by atoms with Gasteiger partial charge in [-0.2, -0.15) is 5.10 Å². The van der Waals surface area contributed by atoms with Crippen molar-refractivity contribution in [2.24, 2.45) is 5.10 Å². The molecule has 0 aliphatic heterocycles. The number of aryl methyl sites for hydroxylation is 1. The number of hydrogen-bond donors (Lipinski definition) is 1. The van der Waals surface area contributed by atoms with Gasteiger partial charge in [-0.3, -0.25) is 0 Å². The van der Waals surface area contributed by atoms with Crippen molar-refractivity contribution in [1.29, 1.82) is 0 Å². The minimum absolute atomic E-state index is 0.309. The summed E-state index contributed by atoms with van der Waals surface area (Å²) in [7, 11) is 0. The molecule has 0 radical (unpaired) electrons. The Morgan fingerprint density at radius 2 is 2.05 bits per heavy atom. The summed E-state index contributed by atoms with van der Waals surface area (Å²) in [5.74, 6) is 1.52. The van der Waals surface area contributed by atoms with E-state index in [9.17, 15) is 4.79 Å². The lowest BCUT2D eigenvalue weighted by molar-refractivity contribution is 0.152. The van der Waals surface area contributed by atoms with Crippen LogP contribution in [0.5, 0.6) is 0 Å². The molecule has 0 atom stereocenters. The molecule has 0 saturated heterocycles. The number of benzene rings is 1. The van der Waals surface area contributed by atoms with Crippen LogP contribution in [0.15, 0.2) is 45.9 Å². The molecule has 2 aromatic rings. The molecule has 0 spiro atoms. The molecule has 1 aromatic heterocycles. The van der Waals surface area contributed by atoms with Gasteiger partial charge in [-0.15, -0.1) is 0 Å². The first-order valence-corrected chi connectivity index (χ1v) is 6.75. The number of furan rings is 1. The van der Waals surface area contributed by atoms with E-state index in [1.807, 2.05) is 43.3 Å². The fourth-order valence-electron chi connectivity index (χ4n) is 1.94. The molecule has 21 heavy (non-hydrogen) atoms. The molecule has 1 N–H and O–H groups in total. The minimum Gasteiger partial charge on any atom is -0.461 e. The summed E-state index contributed by atoms with van der Waals surface area (Å²) in [4.78, 5) is 11.2. The predicted octanol–water partition coefficient (Wildman–Crippen LogP) is 3.73. The zero-order valence-electron chi connectivity index (χ0n) is 12.3. The Kier molecular flexibility index (Phi) is 4.77. The number of ether oxygens (including phenoxy) is 1. The Morgan fingerprint density at radius 1 is 1.33 bits per heavy atom. The van der Waals surface area contributed by atoms with Crippen molar-refractivity contribution in [3.05, 3.63) is 47.7 Å². The SMILES string of the molecule is CCOC(=O)NN=C(C)c1cc(-c2ccccc2)oc1C. The van der Waals surface area contributed by atoms with Gasteiger partial charge in [0.1, 0.15) is 11.5 Å². The van der Waals surface area contributed by atoms with Crippen molar-refractivity contribution in [3.8, 4) is 11.3 Å². The van der Waals surface area contributed by atoms with Crippen molar-refractivity contribution >= 4 is 11.8 Å². The summed E-state index contributed by atoms with van der Waals surface area (Å²) in [6, 6.07) is 11.7. The van der Waals surface area contributed by atoms with Gasteiger partial charge in [0.15, 0.2) is 0 Å². The lowest BCUT2D eigenvalue weighted by Gasteiger charge is -2.01. The zero-order valence-corrected chi connectivity index (χ0v) is 12.3. The highest BCUT2D eigenvalue weighted by Crippen LogP contribution is 2.25. The normalized spacial score (nSPS) is 11.3. The van der Waals surface area contributed by atoms with Crippen LogP contribution in [0.1, 0.15) is 25.2 Å². The first kappa shape index (κ1) is 14.8. The predicted molar refractivity (Wildman–Crippen MR) is 81.2 cm³/mol. The Balaban J connectivity index is 2.19. The van der Waals surface area contributed by atoms with Crippen LogP contribution < -0.4 is 5.43 Å². The first-order chi connectivity index (χ1) is 10.1. The van der Waals surface area contributed by atoms with Gasteiger partial charge < -0.3 is 9.15 Å². The molecule has 0 fully saturated rings. The zero-order chi connectivity index (χ0) is 15.2. The average molecular weight is 286 g/mol. The number of rotatable bonds is 4. The Labute approximate surface area is 123 Å². The van der Waals surface area contributed by atoms with Crippen LogP contribution in [0, 0.1) is 6.92 Å². The summed E-state index contributed by atoms with van der Waals surface area (Å²) >= 11 is 0. The smallest absolute Gasteiger partial charge is 0.427 e. The Hall–Kier alpha value is -2.56. The molecule has 1 aromatic carbocycles. The number of amides is 1. The second kappa shape index (κ2) is 6.74. The quantitative estimate of drug-likeness (QED) is 0.688. The van der Waals surface area contributed by atoms with Crippen LogP contribution in [-0.2, 0) is 4.74 Å². The lowest BCUT2D eigenvalue weighted by Crippen LogP contribution is -2.20. The molecule has 0 saturated carbocycles. The highest BCUT2D eigenvalue weighted by molar-refractivity contribution is 6.00. The lowest BCUT2D eigenvalue weighted by atomic mass is 10.1. The van der Waals surface area contributed by atoms with E-state index in [4.69, 9.17) is 9.15 Å². The summed E-state index contributed by atoms with van der Waals surface area (Å²) in [5, 5.41) is 4.01. The Morgan fingerprint density at radius 3 is 2.71 bits per heavy atom. The summed E-state index contributed by atoms with van der Waals surface area (Å²) < 4.78 is 10.5. The highest BCUT2D eigenvalue weighted by Gasteiger charge is 2.12. The van der Waals surface area contributed by atoms with Gasteiger partial charge in [0.2, 0.25) is 0 Å². The number of nitrogens with one attached hydrogen (secondary N) is 1. The van der Waals surface area contributed by atoms with Crippen LogP contribution in [0.25, 0.3) is 11.3 Å². The van der Waals surface area contributed by atoms with Crippen molar-refractivity contribution in [2.45, 2.75) is 20.8 Å². The maximum absolute atomic E-state index is 11.2. The molecule has 5 nitrogen and oxygen atoms in total. The number of hydrazone groups is 1. The van der Waals surface area contributed by atoms with Gasteiger partial charge in [0.25, 0.3) is 0 Å². The fraction of sp³-hybridized carbons (Fsp3) is 0.250. The molecule has 5 heteroatoms. The molecule has 0 bridgehead atoms. The van der Waals surface area contributed by atoms with Gasteiger partial charge in [-0.1, -0.05) is 30.3 Å². The average Bonchev–Trinajstić information content (AvgIpc) is 2.88. The first-order valence-electron chi connectivity index (χ1n) is 6.75. The molecule has 1 amide bonds. The van der Waals surface area contributed by atoms with Crippen molar-refractivity contribution in [3.63, 3.8) is 0 Å². The minimum atomic E-state index is -0.568. The van der Waals surface area contributed by atoms with Crippen molar-refractivity contribution < 1.29 is 13.9 Å². The fourth-order valence-corrected chi connectivity index (χ4v) is 1.94. The van der Waals surface area contributed by atoms with Crippen LogP contribution in [0.3, 0.4) is 0 Å². The van der Waals surface area contributed by atoms with E-state index >= 15 is 0 Å². The molecule has 110 valence electrons. The van der Waals surface area contributed by atoms with E-state index < -0.39 is 6.09 Å². The van der Waals surface area contributed by atoms with Crippen LogP contribution in [0.4, 0.5) is 4.79 Å². The van der Waals surface area contributed by atoms with Crippen molar-refractivity contribution in [1.82, 2.24) is 5.43 Å². The van der Waals surface area contributed by atoms with E-state index in [0.717, 1.165) is 22.6 Å². The maximum atomic E-state index is 11.2. The molecule has 0 aliphatic rings. The van der Waals surface area contributed by atoms with Crippen molar-refractivity contribution in [2.75, 3.05) is 6.61 Å². The van der Waals surface area contributed by atoms with E-state index in [1.54, 1.807) is 13.8 Å². The number of carbonyl (C=O) groups is 1. The topological polar surface area (TPSA) is 63.8 Å². The number of nitrogens with zero attached hydrogens (tertiary/aromatic N) is 1. The molecule has 0 aliphatic carbocycles. The van der Waals surface area contributed by atoms with Gasteiger partial charge >= 0.3 is 6.09 Å². The number of hydrogen-bond acceptors (Lipinski definition) is 4. The third-order valence-corrected chi connectivity index (χ3v) is 2.96. The van der Waals surface area contributed by atoms with Gasteiger partial charge in [-0.25, -0.2) is 10.2 Å². The summed E-state index contributed by atoms with van der Waals surface area (Å²) in [6.07, 6.45) is -0.568. The van der Waals surface area contributed by atoms with Crippen LogP contribution in [0.2, 0.25) is 0 Å². The Bertz CT molecular complexity index is 645. The van der Waals surface area contributed by atoms with Gasteiger partial charge in [0, 0.05) is 11.1 Å². The molecule has 1 heterocycles. The standard InChI is InChI=1S/C16H18N2O3/c1-4-20-16(19)18-17-11(2)14-10-15(21-12(14)3)13-8-6-5-7-9-13/h5-10H,4H2,1-3H3,(H,18,19). The monoisotopic (exact) mass is 286 g/mol. The molecule has 0 unspecified atom stereocenters. The second-order valence-electron chi connectivity index (χ2n) is 4.48. The highest BCUT2D eigenvalue weighted by atomic mass is 16.5. The third-order valence-electron chi connectivity index (χ3n) is 2.96. The third kappa shape index (κ3) is 3.72. The summed E-state index contributed by atoms with van der Waals surface area (Å²) in [6.45, 7) is 5.72. The molecular weight excluding hydrogens is 268 g/mol. The summed E-state index contributed by atoms with van der Waals surface area (Å²) in [5.41, 5.74) is 4.85. The van der Waals surface area contributed by atoms with Crippen LogP contribution in [-0.4, -0.2) is 18.4 Å². The largest absolute Gasteiger partial charge is 0.461 e. The maximum Gasteiger partial charge on any atom is 0.427 e. The van der Waals surface area contributed by atoms with Gasteiger partial charge in [0.05, 0.1) is 12.3 Å². The second-order valence-corrected chi connectivity index (χ2v) is 4.48. The van der Waals surface area contributed by atoms with Gasteiger partial charge in [-0.05, 0) is 26.8 Å².